The van der Waals surface area contributed by atoms with Crippen molar-refractivity contribution in [3.8, 4) is 0 Å². The van der Waals surface area contributed by atoms with Crippen LogP contribution >= 0.6 is 0 Å². The molecule has 0 aliphatic carbocycles. The summed E-state index contributed by atoms with van der Waals surface area (Å²) >= 11 is 0. The number of aryl methyl sites for hydroxylation is 1. The Morgan fingerprint density at radius 2 is 2.26 bits per heavy atom. The van der Waals surface area contributed by atoms with Crippen molar-refractivity contribution in [1.82, 2.24) is 15.5 Å². The van der Waals surface area contributed by atoms with Crippen LogP contribution < -0.4 is 5.32 Å². The van der Waals surface area contributed by atoms with Gasteiger partial charge in [0.25, 0.3) is 0 Å². The maximum atomic E-state index is 5.55. The molecular weight excluding hydrogens is 246 g/mol. The number of aromatic nitrogens is 2. The maximum Gasteiger partial charge on any atom is 0.226 e. The normalized spacial score (nSPS) is 28.4. The molecule has 6 heteroatoms. The summed E-state index contributed by atoms with van der Waals surface area (Å²) in [5.74, 6) is 1.32. The van der Waals surface area contributed by atoms with E-state index in [0.29, 0.717) is 37.6 Å². The molecule has 0 bridgehead atoms. The summed E-state index contributed by atoms with van der Waals surface area (Å²) in [6.45, 7) is 2.89. The lowest BCUT2D eigenvalue weighted by Gasteiger charge is -2.22. The third kappa shape index (κ3) is 3.52. The van der Waals surface area contributed by atoms with E-state index in [1.54, 1.807) is 0 Å². The quantitative estimate of drug-likeness (QED) is 0.885. The topological polar surface area (TPSA) is 69.4 Å². The first-order valence-electron chi connectivity index (χ1n) is 7.17. The molecule has 2 unspecified atom stereocenters. The molecule has 0 radical (unpaired) electrons. The molecule has 2 aliphatic rings. The number of ether oxygens (including phenoxy) is 2. The molecule has 2 saturated heterocycles. The Kier molecular flexibility index (Phi) is 4.42. The van der Waals surface area contributed by atoms with E-state index >= 15 is 0 Å². The highest BCUT2D eigenvalue weighted by molar-refractivity contribution is 4.93. The van der Waals surface area contributed by atoms with Gasteiger partial charge < -0.3 is 19.3 Å². The van der Waals surface area contributed by atoms with E-state index in [1.165, 1.54) is 19.3 Å². The van der Waals surface area contributed by atoms with E-state index in [0.717, 1.165) is 19.4 Å². The van der Waals surface area contributed by atoms with Crippen molar-refractivity contribution in [1.29, 1.82) is 0 Å². The van der Waals surface area contributed by atoms with Crippen LogP contribution in [-0.4, -0.2) is 42.5 Å². The maximum absolute atomic E-state index is 5.55. The zero-order valence-electron chi connectivity index (χ0n) is 11.1. The van der Waals surface area contributed by atoms with Crippen LogP contribution in [-0.2, 0) is 15.9 Å². The second kappa shape index (κ2) is 6.45. The Labute approximate surface area is 112 Å². The molecule has 6 nitrogen and oxygen atoms in total. The van der Waals surface area contributed by atoms with Gasteiger partial charge in [-0.2, -0.15) is 4.98 Å². The zero-order chi connectivity index (χ0) is 12.9. The molecule has 106 valence electrons. The summed E-state index contributed by atoms with van der Waals surface area (Å²) < 4.78 is 16.2. The van der Waals surface area contributed by atoms with Crippen LogP contribution in [0.4, 0.5) is 0 Å². The highest BCUT2D eigenvalue weighted by atomic mass is 16.6. The molecular formula is C13H21N3O3. The van der Waals surface area contributed by atoms with E-state index in [-0.39, 0.29) is 6.10 Å². The molecule has 3 heterocycles. The first-order chi connectivity index (χ1) is 9.42. The Hall–Kier alpha value is -0.980. The first-order valence-corrected chi connectivity index (χ1v) is 7.17. The van der Waals surface area contributed by atoms with E-state index in [1.807, 2.05) is 0 Å². The smallest absolute Gasteiger partial charge is 0.226 e. The van der Waals surface area contributed by atoms with Gasteiger partial charge in [0, 0.05) is 12.5 Å². The number of nitrogens with zero attached hydrogens (tertiary/aromatic N) is 2. The highest BCUT2D eigenvalue weighted by Gasteiger charge is 2.22. The van der Waals surface area contributed by atoms with E-state index in [2.05, 4.69) is 15.5 Å². The lowest BCUT2D eigenvalue weighted by molar-refractivity contribution is -0.0941. The minimum atomic E-state index is -0.168. The number of piperidine rings is 1. The molecule has 1 aromatic rings. The van der Waals surface area contributed by atoms with Crippen LogP contribution in [0.3, 0.4) is 0 Å². The van der Waals surface area contributed by atoms with Gasteiger partial charge in [-0.25, -0.2) is 0 Å². The van der Waals surface area contributed by atoms with Crippen LogP contribution in [0.15, 0.2) is 4.52 Å². The monoisotopic (exact) mass is 267 g/mol. The van der Waals surface area contributed by atoms with E-state index in [9.17, 15) is 0 Å². The van der Waals surface area contributed by atoms with Crippen LogP contribution in [0.1, 0.15) is 43.5 Å². The Morgan fingerprint density at radius 3 is 3.05 bits per heavy atom. The molecule has 1 aromatic heterocycles. The molecule has 2 atom stereocenters. The summed E-state index contributed by atoms with van der Waals surface area (Å²) in [6, 6.07) is 0.596. The molecule has 0 saturated carbocycles. The van der Waals surface area contributed by atoms with Crippen LogP contribution in [0, 0.1) is 0 Å². The molecule has 3 rings (SSSR count). The largest absolute Gasteiger partial charge is 0.376 e. The van der Waals surface area contributed by atoms with Gasteiger partial charge in [-0.15, -0.1) is 0 Å². The fourth-order valence-electron chi connectivity index (χ4n) is 2.61. The lowest BCUT2D eigenvalue weighted by atomic mass is 10.0. The van der Waals surface area contributed by atoms with Gasteiger partial charge in [0.05, 0.1) is 19.8 Å². The van der Waals surface area contributed by atoms with Crippen molar-refractivity contribution in [3.63, 3.8) is 0 Å². The van der Waals surface area contributed by atoms with Gasteiger partial charge in [-0.3, -0.25) is 0 Å². The fraction of sp³-hybridized carbons (Fsp3) is 0.846. The molecule has 1 N–H and O–H groups in total. The summed E-state index contributed by atoms with van der Waals surface area (Å²) in [4.78, 5) is 4.41. The number of hydrogen-bond acceptors (Lipinski definition) is 6. The summed E-state index contributed by atoms with van der Waals surface area (Å²) in [7, 11) is 0. The third-order valence-electron chi connectivity index (χ3n) is 3.71. The van der Waals surface area contributed by atoms with Crippen molar-refractivity contribution >= 4 is 0 Å². The Balaban J connectivity index is 1.49. The second-order valence-corrected chi connectivity index (χ2v) is 5.17. The van der Waals surface area contributed by atoms with Crippen molar-refractivity contribution in [2.24, 2.45) is 0 Å². The fourth-order valence-corrected chi connectivity index (χ4v) is 2.61. The summed E-state index contributed by atoms with van der Waals surface area (Å²) in [5, 5.41) is 7.52. The molecule has 2 fully saturated rings. The lowest BCUT2D eigenvalue weighted by Crippen LogP contribution is -2.34. The van der Waals surface area contributed by atoms with Gasteiger partial charge in [-0.05, 0) is 25.8 Å². The molecule has 0 spiro atoms. The third-order valence-corrected chi connectivity index (χ3v) is 3.71. The SMILES string of the molecule is C1CCC(CCc2nc(C3COCCO3)no2)NC1. The number of rotatable bonds is 4. The average Bonchev–Trinajstić information content (AvgIpc) is 2.96. The van der Waals surface area contributed by atoms with Gasteiger partial charge in [0.15, 0.2) is 0 Å². The van der Waals surface area contributed by atoms with Gasteiger partial charge in [0.1, 0.15) is 6.10 Å². The summed E-state index contributed by atoms with van der Waals surface area (Å²) in [5.41, 5.74) is 0. The van der Waals surface area contributed by atoms with E-state index < -0.39 is 0 Å². The number of hydrogen-bond donors (Lipinski definition) is 1. The van der Waals surface area contributed by atoms with Crippen molar-refractivity contribution in [2.75, 3.05) is 26.4 Å². The molecule has 0 aromatic carbocycles. The second-order valence-electron chi connectivity index (χ2n) is 5.17. The van der Waals surface area contributed by atoms with Crippen molar-refractivity contribution in [2.45, 2.75) is 44.2 Å². The van der Waals surface area contributed by atoms with Crippen LogP contribution in [0.5, 0.6) is 0 Å². The van der Waals surface area contributed by atoms with E-state index in [4.69, 9.17) is 14.0 Å². The van der Waals surface area contributed by atoms with Gasteiger partial charge in [0.2, 0.25) is 11.7 Å². The zero-order valence-corrected chi connectivity index (χ0v) is 11.1. The van der Waals surface area contributed by atoms with Crippen molar-refractivity contribution in [3.05, 3.63) is 11.7 Å². The molecule has 2 aliphatic heterocycles. The number of nitrogens with one attached hydrogen (secondary N) is 1. The minimum absolute atomic E-state index is 0.168. The molecule has 0 amide bonds. The molecule has 19 heavy (non-hydrogen) atoms. The highest BCUT2D eigenvalue weighted by Crippen LogP contribution is 2.19. The predicted octanol–water partition coefficient (Wildman–Crippen LogP) is 1.23. The minimum Gasteiger partial charge on any atom is -0.376 e. The Bertz CT molecular complexity index is 384. The first kappa shape index (κ1) is 13.0. The van der Waals surface area contributed by atoms with Gasteiger partial charge in [-0.1, -0.05) is 11.6 Å². The van der Waals surface area contributed by atoms with Crippen molar-refractivity contribution < 1.29 is 14.0 Å². The summed E-state index contributed by atoms with van der Waals surface area (Å²) in [6.07, 6.45) is 5.59. The van der Waals surface area contributed by atoms with Crippen LogP contribution in [0.25, 0.3) is 0 Å². The standard InChI is InChI=1S/C13H21N3O3/c1-2-6-14-10(3-1)4-5-12-15-13(16-19-12)11-9-17-7-8-18-11/h10-11,14H,1-9H2. The predicted molar refractivity (Wildman–Crippen MR) is 67.8 cm³/mol. The average molecular weight is 267 g/mol. The van der Waals surface area contributed by atoms with Gasteiger partial charge >= 0.3 is 0 Å². The Morgan fingerprint density at radius 1 is 1.26 bits per heavy atom. The van der Waals surface area contributed by atoms with Crippen LogP contribution in [0.2, 0.25) is 0 Å².